The van der Waals surface area contributed by atoms with Crippen LogP contribution in [0, 0.1) is 16.7 Å². The Labute approximate surface area is 101 Å². The summed E-state index contributed by atoms with van der Waals surface area (Å²) in [6.07, 6.45) is 0. The van der Waals surface area contributed by atoms with Gasteiger partial charge in [-0.15, -0.1) is 0 Å². The second-order valence-corrected chi connectivity index (χ2v) is 4.22. The summed E-state index contributed by atoms with van der Waals surface area (Å²) in [6, 6.07) is 10.1. The van der Waals surface area contributed by atoms with Crippen molar-refractivity contribution in [2.45, 2.75) is 6.04 Å². The van der Waals surface area contributed by atoms with Gasteiger partial charge < -0.3 is 14.8 Å². The molecule has 1 aliphatic rings. The van der Waals surface area contributed by atoms with Gasteiger partial charge in [-0.2, -0.15) is 5.26 Å². The summed E-state index contributed by atoms with van der Waals surface area (Å²) in [7, 11) is 3.50. The molecule has 1 unspecified atom stereocenters. The van der Waals surface area contributed by atoms with E-state index in [-0.39, 0.29) is 6.04 Å². The van der Waals surface area contributed by atoms with Crippen LogP contribution >= 0.6 is 0 Å². The molecule has 4 heteroatoms. The highest BCUT2D eigenvalue weighted by atomic mass is 16.5. The fraction of sp³-hybridized carbons (Fsp3) is 0.462. The van der Waals surface area contributed by atoms with Crippen LogP contribution < -0.4 is 10.1 Å². The van der Waals surface area contributed by atoms with Gasteiger partial charge in [-0.3, -0.25) is 0 Å². The molecule has 17 heavy (non-hydrogen) atoms. The van der Waals surface area contributed by atoms with Crippen LogP contribution in [-0.4, -0.2) is 27.4 Å². The monoisotopic (exact) mass is 232 g/mol. The number of methoxy groups -OCH3 is 1. The van der Waals surface area contributed by atoms with Crippen LogP contribution in [0.15, 0.2) is 24.3 Å². The van der Waals surface area contributed by atoms with Crippen molar-refractivity contribution in [3.05, 3.63) is 29.8 Å². The average Bonchev–Trinajstić information content (AvgIpc) is 2.33. The van der Waals surface area contributed by atoms with E-state index in [1.165, 1.54) is 0 Å². The molecule has 1 aromatic carbocycles. The van der Waals surface area contributed by atoms with Crippen molar-refractivity contribution in [1.29, 1.82) is 5.26 Å². The van der Waals surface area contributed by atoms with Crippen LogP contribution in [0.5, 0.6) is 5.75 Å². The zero-order valence-electron chi connectivity index (χ0n) is 10.1. The number of nitriles is 1. The molecule has 0 bridgehead atoms. The molecule has 0 saturated carbocycles. The van der Waals surface area contributed by atoms with Crippen molar-refractivity contribution in [2.75, 3.05) is 27.4 Å². The topological polar surface area (TPSA) is 54.3 Å². The molecule has 90 valence electrons. The normalized spacial score (nSPS) is 18.9. The Balaban J connectivity index is 2.39. The van der Waals surface area contributed by atoms with Crippen LogP contribution in [0.2, 0.25) is 0 Å². The third-order valence-electron chi connectivity index (χ3n) is 3.23. The van der Waals surface area contributed by atoms with Crippen LogP contribution in [-0.2, 0) is 4.74 Å². The minimum absolute atomic E-state index is 0.0719. The van der Waals surface area contributed by atoms with Crippen molar-refractivity contribution in [3.8, 4) is 11.8 Å². The lowest BCUT2D eigenvalue weighted by Gasteiger charge is -2.41. The number of benzene rings is 1. The average molecular weight is 232 g/mol. The summed E-state index contributed by atoms with van der Waals surface area (Å²) >= 11 is 0. The van der Waals surface area contributed by atoms with Gasteiger partial charge in [0.25, 0.3) is 0 Å². The standard InChI is InChI=1S/C13H16N2O2/c1-15-12(13(7-14)8-17-9-13)10-5-3-4-6-11(10)16-2/h3-6,12,15H,8-9H2,1-2H3. The fourth-order valence-electron chi connectivity index (χ4n) is 2.25. The number of rotatable bonds is 4. The first kappa shape index (κ1) is 11.9. The number of nitrogens with one attached hydrogen (secondary N) is 1. The van der Waals surface area contributed by atoms with Crippen molar-refractivity contribution in [3.63, 3.8) is 0 Å². The van der Waals surface area contributed by atoms with Gasteiger partial charge in [0.2, 0.25) is 0 Å². The van der Waals surface area contributed by atoms with E-state index in [1.807, 2.05) is 31.3 Å². The van der Waals surface area contributed by atoms with E-state index in [2.05, 4.69) is 11.4 Å². The van der Waals surface area contributed by atoms with Crippen molar-refractivity contribution < 1.29 is 9.47 Å². The second kappa shape index (κ2) is 4.74. The van der Waals surface area contributed by atoms with E-state index in [0.717, 1.165) is 11.3 Å². The van der Waals surface area contributed by atoms with E-state index >= 15 is 0 Å². The van der Waals surface area contributed by atoms with Gasteiger partial charge in [-0.25, -0.2) is 0 Å². The first-order valence-electron chi connectivity index (χ1n) is 5.56. The van der Waals surface area contributed by atoms with E-state index in [4.69, 9.17) is 9.47 Å². The Morgan fingerprint density at radius 1 is 1.47 bits per heavy atom. The Morgan fingerprint density at radius 3 is 2.65 bits per heavy atom. The molecule has 1 atom stereocenters. The molecule has 4 nitrogen and oxygen atoms in total. The zero-order chi connectivity index (χ0) is 12.3. The molecule has 1 fully saturated rings. The largest absolute Gasteiger partial charge is 0.496 e. The highest BCUT2D eigenvalue weighted by Crippen LogP contribution is 2.42. The van der Waals surface area contributed by atoms with Gasteiger partial charge in [0, 0.05) is 5.56 Å². The Kier molecular flexibility index (Phi) is 3.32. The third kappa shape index (κ3) is 1.88. The molecule has 1 aromatic rings. The number of para-hydroxylation sites is 1. The van der Waals surface area contributed by atoms with Crippen molar-refractivity contribution >= 4 is 0 Å². The first-order valence-corrected chi connectivity index (χ1v) is 5.56. The van der Waals surface area contributed by atoms with Crippen LogP contribution in [0.4, 0.5) is 0 Å². The zero-order valence-corrected chi connectivity index (χ0v) is 10.1. The molecule has 0 aliphatic carbocycles. The number of hydrogen-bond acceptors (Lipinski definition) is 4. The number of hydrogen-bond donors (Lipinski definition) is 1. The summed E-state index contributed by atoms with van der Waals surface area (Å²) in [5.41, 5.74) is 0.519. The molecule has 1 aliphatic heterocycles. The predicted molar refractivity (Wildman–Crippen MR) is 63.7 cm³/mol. The summed E-state index contributed by atoms with van der Waals surface area (Å²) in [5.74, 6) is 0.799. The summed E-state index contributed by atoms with van der Waals surface area (Å²) in [5, 5.41) is 12.6. The molecular weight excluding hydrogens is 216 g/mol. The quantitative estimate of drug-likeness (QED) is 0.854. The summed E-state index contributed by atoms with van der Waals surface area (Å²) in [4.78, 5) is 0. The SMILES string of the molecule is CNC(c1ccccc1OC)C1(C#N)COC1. The van der Waals surface area contributed by atoms with E-state index in [1.54, 1.807) is 7.11 Å². The van der Waals surface area contributed by atoms with E-state index in [0.29, 0.717) is 13.2 Å². The third-order valence-corrected chi connectivity index (χ3v) is 3.23. The second-order valence-electron chi connectivity index (χ2n) is 4.22. The lowest BCUT2D eigenvalue weighted by molar-refractivity contribution is -0.0966. The number of nitrogens with zero attached hydrogens (tertiary/aromatic N) is 1. The first-order chi connectivity index (χ1) is 8.27. The van der Waals surface area contributed by atoms with Gasteiger partial charge in [0.1, 0.15) is 11.2 Å². The minimum Gasteiger partial charge on any atom is -0.496 e. The van der Waals surface area contributed by atoms with Gasteiger partial charge in [-0.1, -0.05) is 18.2 Å². The molecule has 0 amide bonds. The lowest BCUT2D eigenvalue weighted by atomic mass is 9.76. The van der Waals surface area contributed by atoms with Crippen LogP contribution in [0.1, 0.15) is 11.6 Å². The van der Waals surface area contributed by atoms with Gasteiger partial charge in [-0.05, 0) is 13.1 Å². The summed E-state index contributed by atoms with van der Waals surface area (Å²) < 4.78 is 10.5. The highest BCUT2D eigenvalue weighted by molar-refractivity contribution is 5.39. The maximum atomic E-state index is 9.35. The summed E-state index contributed by atoms with van der Waals surface area (Å²) in [6.45, 7) is 0.931. The Bertz CT molecular complexity index is 435. The Hall–Kier alpha value is -1.57. The lowest BCUT2D eigenvalue weighted by Crippen LogP contribution is -2.50. The minimum atomic E-state index is -0.483. The van der Waals surface area contributed by atoms with E-state index < -0.39 is 5.41 Å². The van der Waals surface area contributed by atoms with Crippen LogP contribution in [0.3, 0.4) is 0 Å². The van der Waals surface area contributed by atoms with Crippen molar-refractivity contribution in [2.24, 2.45) is 5.41 Å². The molecule has 1 saturated heterocycles. The molecule has 0 spiro atoms. The van der Waals surface area contributed by atoms with Crippen LogP contribution in [0.25, 0.3) is 0 Å². The molecule has 1 N–H and O–H groups in total. The smallest absolute Gasteiger partial charge is 0.123 e. The molecule has 1 heterocycles. The molecule has 2 rings (SSSR count). The highest BCUT2D eigenvalue weighted by Gasteiger charge is 2.47. The van der Waals surface area contributed by atoms with E-state index in [9.17, 15) is 5.26 Å². The maximum absolute atomic E-state index is 9.35. The molecular formula is C13H16N2O2. The maximum Gasteiger partial charge on any atom is 0.123 e. The fourth-order valence-corrected chi connectivity index (χ4v) is 2.25. The van der Waals surface area contributed by atoms with Gasteiger partial charge in [0.05, 0.1) is 32.4 Å². The van der Waals surface area contributed by atoms with Gasteiger partial charge in [0.15, 0.2) is 0 Å². The number of ether oxygens (including phenoxy) is 2. The Morgan fingerprint density at radius 2 is 2.18 bits per heavy atom. The molecule has 0 aromatic heterocycles. The van der Waals surface area contributed by atoms with Crippen molar-refractivity contribution in [1.82, 2.24) is 5.32 Å². The van der Waals surface area contributed by atoms with Gasteiger partial charge >= 0.3 is 0 Å². The predicted octanol–water partition coefficient (Wildman–Crippen LogP) is 1.50. The molecule has 0 radical (unpaired) electrons.